The van der Waals surface area contributed by atoms with Gasteiger partial charge in [-0.05, 0) is 36.4 Å². The molecule has 0 fully saturated rings. The molecule has 0 aliphatic carbocycles. The number of ether oxygens (including phenoxy) is 2. The Morgan fingerprint density at radius 2 is 1.62 bits per heavy atom. The normalized spacial score (nSPS) is 11.0. The van der Waals surface area contributed by atoms with Crippen molar-refractivity contribution in [2.75, 3.05) is 0 Å². The molecule has 0 atom stereocenters. The number of halogens is 4. The van der Waals surface area contributed by atoms with Crippen molar-refractivity contribution in [1.82, 2.24) is 0 Å². The van der Waals surface area contributed by atoms with Crippen molar-refractivity contribution in [1.29, 1.82) is 0 Å². The molecule has 0 bridgehead atoms. The van der Waals surface area contributed by atoms with Crippen LogP contribution in [0.25, 0.3) is 0 Å². The third-order valence-corrected chi connectivity index (χ3v) is 2.68. The highest BCUT2D eigenvalue weighted by atomic mass is 35.5. The van der Waals surface area contributed by atoms with Crippen LogP contribution < -0.4 is 9.47 Å². The summed E-state index contributed by atoms with van der Waals surface area (Å²) in [5.41, 5.74) is 0.474. The van der Waals surface area contributed by atoms with Gasteiger partial charge < -0.3 is 9.47 Å². The number of hydrogen-bond acceptors (Lipinski definition) is 3. The molecule has 0 heterocycles. The Hall–Kier alpha value is -2.21. The highest BCUT2D eigenvalue weighted by Gasteiger charge is 2.31. The van der Waals surface area contributed by atoms with Crippen LogP contribution in [0.5, 0.6) is 17.2 Å². The summed E-state index contributed by atoms with van der Waals surface area (Å²) in [5, 5.41) is -0.0313. The van der Waals surface area contributed by atoms with Crippen LogP contribution >= 0.6 is 11.6 Å². The number of aldehydes is 1. The Morgan fingerprint density at radius 3 is 2.14 bits per heavy atom. The Labute approximate surface area is 122 Å². The maximum Gasteiger partial charge on any atom is 0.573 e. The average Bonchev–Trinajstić information content (AvgIpc) is 2.41. The smallest absolute Gasteiger partial charge is 0.456 e. The maximum absolute atomic E-state index is 12.1. The Bertz CT molecular complexity index is 639. The maximum atomic E-state index is 12.1. The van der Waals surface area contributed by atoms with E-state index in [1.54, 1.807) is 12.1 Å². The minimum atomic E-state index is -4.78. The Morgan fingerprint density at radius 1 is 1.00 bits per heavy atom. The minimum Gasteiger partial charge on any atom is -0.456 e. The van der Waals surface area contributed by atoms with E-state index in [-0.39, 0.29) is 10.8 Å². The highest BCUT2D eigenvalue weighted by Crippen LogP contribution is 2.34. The topological polar surface area (TPSA) is 35.5 Å². The van der Waals surface area contributed by atoms with Gasteiger partial charge in [0, 0.05) is 11.6 Å². The van der Waals surface area contributed by atoms with Crippen LogP contribution in [-0.4, -0.2) is 12.6 Å². The van der Waals surface area contributed by atoms with E-state index in [1.807, 2.05) is 0 Å². The number of alkyl halides is 3. The van der Waals surface area contributed by atoms with Crippen molar-refractivity contribution >= 4 is 17.9 Å². The number of rotatable bonds is 4. The molecule has 0 radical (unpaired) electrons. The minimum absolute atomic E-state index is 0.0313. The molecule has 0 aliphatic heterocycles. The number of hydrogen-bond donors (Lipinski definition) is 0. The molecule has 110 valence electrons. The van der Waals surface area contributed by atoms with Crippen molar-refractivity contribution in [2.24, 2.45) is 0 Å². The molecule has 0 amide bonds. The molecule has 0 unspecified atom stereocenters. The van der Waals surface area contributed by atoms with Gasteiger partial charge in [0.25, 0.3) is 0 Å². The van der Waals surface area contributed by atoms with Crippen molar-refractivity contribution in [3.8, 4) is 17.2 Å². The second-order valence-electron chi connectivity index (χ2n) is 3.93. The lowest BCUT2D eigenvalue weighted by atomic mass is 10.2. The van der Waals surface area contributed by atoms with Gasteiger partial charge in [-0.25, -0.2) is 0 Å². The van der Waals surface area contributed by atoms with E-state index >= 15 is 0 Å². The monoisotopic (exact) mass is 316 g/mol. The van der Waals surface area contributed by atoms with Crippen molar-refractivity contribution in [3.05, 3.63) is 53.1 Å². The largest absolute Gasteiger partial charge is 0.573 e. The second kappa shape index (κ2) is 6.05. The van der Waals surface area contributed by atoms with Crippen molar-refractivity contribution < 1.29 is 27.4 Å². The third-order valence-electron chi connectivity index (χ3n) is 2.38. The zero-order chi connectivity index (χ0) is 15.5. The van der Waals surface area contributed by atoms with Gasteiger partial charge in [0.15, 0.2) is 0 Å². The highest BCUT2D eigenvalue weighted by molar-refractivity contribution is 6.32. The van der Waals surface area contributed by atoms with Crippen LogP contribution in [0.3, 0.4) is 0 Å². The number of carbonyl (C=O) groups is 1. The fraction of sp³-hybridized carbons (Fsp3) is 0.0714. The molecule has 0 saturated heterocycles. The Kier molecular flexibility index (Phi) is 4.37. The van der Waals surface area contributed by atoms with E-state index in [4.69, 9.17) is 16.3 Å². The van der Waals surface area contributed by atoms with Crippen LogP contribution in [0.4, 0.5) is 13.2 Å². The fourth-order valence-electron chi connectivity index (χ4n) is 1.50. The van der Waals surface area contributed by atoms with Gasteiger partial charge in [0.2, 0.25) is 0 Å². The molecule has 3 nitrogen and oxygen atoms in total. The first-order valence-corrected chi connectivity index (χ1v) is 6.03. The van der Waals surface area contributed by atoms with Crippen LogP contribution in [0.15, 0.2) is 42.5 Å². The lowest BCUT2D eigenvalue weighted by molar-refractivity contribution is -0.274. The second-order valence-corrected chi connectivity index (χ2v) is 4.34. The van der Waals surface area contributed by atoms with E-state index in [0.717, 1.165) is 12.1 Å². The summed E-state index contributed by atoms with van der Waals surface area (Å²) < 4.78 is 45.3. The van der Waals surface area contributed by atoms with Crippen molar-refractivity contribution in [2.45, 2.75) is 6.36 Å². The molecule has 0 spiro atoms. The summed E-state index contributed by atoms with van der Waals surface area (Å²) in [6, 6.07) is 9.52. The molecule has 2 aromatic carbocycles. The van der Waals surface area contributed by atoms with Gasteiger partial charge in [0.05, 0.1) is 5.02 Å². The lowest BCUT2D eigenvalue weighted by Gasteiger charge is -2.11. The zero-order valence-electron chi connectivity index (χ0n) is 10.4. The van der Waals surface area contributed by atoms with Gasteiger partial charge in [-0.2, -0.15) is 0 Å². The molecule has 0 aliphatic rings. The summed E-state index contributed by atoms with van der Waals surface area (Å²) in [6.07, 6.45) is -4.10. The van der Waals surface area contributed by atoms with Gasteiger partial charge in [-0.1, -0.05) is 11.6 Å². The van der Waals surface area contributed by atoms with E-state index in [2.05, 4.69) is 4.74 Å². The van der Waals surface area contributed by atoms with Crippen LogP contribution in [0.1, 0.15) is 10.4 Å². The number of benzene rings is 2. The fourth-order valence-corrected chi connectivity index (χ4v) is 1.71. The van der Waals surface area contributed by atoms with Crippen LogP contribution in [-0.2, 0) is 0 Å². The number of carbonyl (C=O) groups excluding carboxylic acids is 1. The van der Waals surface area contributed by atoms with Crippen molar-refractivity contribution in [3.63, 3.8) is 0 Å². The molecular weight excluding hydrogens is 309 g/mol. The van der Waals surface area contributed by atoms with Gasteiger partial charge in [0.1, 0.15) is 23.5 Å². The zero-order valence-corrected chi connectivity index (χ0v) is 11.1. The first kappa shape index (κ1) is 15.2. The standard InChI is InChI=1S/C14H8ClF3O3/c15-12-7-11(21-14(16,17)18)5-6-13(12)20-10-3-1-9(8-19)2-4-10/h1-8H. The molecule has 7 heteroatoms. The average molecular weight is 317 g/mol. The van der Waals surface area contributed by atoms with Crippen LogP contribution in [0.2, 0.25) is 5.02 Å². The lowest BCUT2D eigenvalue weighted by Crippen LogP contribution is -2.17. The molecule has 0 saturated carbocycles. The van der Waals surface area contributed by atoms with Gasteiger partial charge >= 0.3 is 6.36 Å². The molecule has 0 aromatic heterocycles. The molecule has 2 rings (SSSR count). The predicted molar refractivity (Wildman–Crippen MR) is 70.0 cm³/mol. The summed E-state index contributed by atoms with van der Waals surface area (Å²) in [6.45, 7) is 0. The first-order chi connectivity index (χ1) is 9.87. The van der Waals surface area contributed by atoms with Crippen LogP contribution in [0, 0.1) is 0 Å². The first-order valence-electron chi connectivity index (χ1n) is 5.66. The van der Waals surface area contributed by atoms with Gasteiger partial charge in [-0.15, -0.1) is 13.2 Å². The summed E-state index contributed by atoms with van der Waals surface area (Å²) in [7, 11) is 0. The SMILES string of the molecule is O=Cc1ccc(Oc2ccc(OC(F)(F)F)cc2Cl)cc1. The molecular formula is C14H8ClF3O3. The molecule has 0 N–H and O–H groups in total. The quantitative estimate of drug-likeness (QED) is 0.757. The molecule has 21 heavy (non-hydrogen) atoms. The third kappa shape index (κ3) is 4.39. The van der Waals surface area contributed by atoms with E-state index in [0.29, 0.717) is 17.6 Å². The summed E-state index contributed by atoms with van der Waals surface area (Å²) >= 11 is 5.84. The predicted octanol–water partition coefficient (Wildman–Crippen LogP) is 4.84. The van der Waals surface area contributed by atoms with E-state index in [1.165, 1.54) is 18.2 Å². The van der Waals surface area contributed by atoms with Gasteiger partial charge in [-0.3, -0.25) is 4.79 Å². The Balaban J connectivity index is 2.15. The van der Waals surface area contributed by atoms with E-state index in [9.17, 15) is 18.0 Å². The molecule has 2 aromatic rings. The van der Waals surface area contributed by atoms with E-state index < -0.39 is 12.1 Å². The summed E-state index contributed by atoms with van der Waals surface area (Å²) in [4.78, 5) is 10.5. The summed E-state index contributed by atoms with van der Waals surface area (Å²) in [5.74, 6) is 0.133.